The summed E-state index contributed by atoms with van der Waals surface area (Å²) >= 11 is 5.07. The number of nitrogens with one attached hydrogen (secondary N) is 1. The van der Waals surface area contributed by atoms with Crippen LogP contribution in [0.25, 0.3) is 0 Å². The van der Waals surface area contributed by atoms with Crippen LogP contribution in [0, 0.1) is 0 Å². The zero-order valence-corrected chi connectivity index (χ0v) is 12.8. The van der Waals surface area contributed by atoms with Crippen LogP contribution in [0.3, 0.4) is 0 Å². The largest absolute Gasteiger partial charge is 0.493 e. The number of carbonyl (C=O) groups excluding carboxylic acids is 2. The number of methoxy groups -OCH3 is 2. The highest BCUT2D eigenvalue weighted by atomic mass is 35.5. The van der Waals surface area contributed by atoms with Crippen molar-refractivity contribution < 1.29 is 23.5 Å². The van der Waals surface area contributed by atoms with Gasteiger partial charge in [-0.05, 0) is 6.07 Å². The van der Waals surface area contributed by atoms with Crippen molar-refractivity contribution in [1.82, 2.24) is 4.90 Å². The first-order valence-electron chi connectivity index (χ1n) is 5.88. The number of carbonyl (C=O) groups is 2. The van der Waals surface area contributed by atoms with Gasteiger partial charge in [0.2, 0.25) is 0 Å². The Hall–Kier alpha value is -2.02. The molecule has 1 aromatic rings. The van der Waals surface area contributed by atoms with Gasteiger partial charge in [-0.3, -0.25) is 9.59 Å². The van der Waals surface area contributed by atoms with Crippen LogP contribution in [-0.4, -0.2) is 50.7 Å². The van der Waals surface area contributed by atoms with Gasteiger partial charge < -0.3 is 19.7 Å². The van der Waals surface area contributed by atoms with E-state index in [0.717, 1.165) is 0 Å². The fourth-order valence-electron chi connectivity index (χ4n) is 1.59. The van der Waals surface area contributed by atoms with Crippen molar-refractivity contribution in [3.63, 3.8) is 0 Å². The maximum atomic E-state index is 12.8. The number of hydrogen-bond donors (Lipinski definition) is 1. The molecule has 1 unspecified atom stereocenters. The van der Waals surface area contributed by atoms with Crippen LogP contribution in [0.4, 0.5) is 10.1 Å². The summed E-state index contributed by atoms with van der Waals surface area (Å²) in [4.78, 5) is 24.8. The summed E-state index contributed by atoms with van der Waals surface area (Å²) in [6.07, 6.45) is 0. The van der Waals surface area contributed by atoms with E-state index >= 15 is 0 Å². The molecule has 0 saturated heterocycles. The molecule has 0 spiro atoms. The normalized spacial score (nSPS) is 11.5. The molecule has 8 heteroatoms. The van der Waals surface area contributed by atoms with Crippen molar-refractivity contribution in [3.05, 3.63) is 17.7 Å². The molecule has 1 aromatic carbocycles. The van der Waals surface area contributed by atoms with Gasteiger partial charge in [-0.2, -0.15) is 0 Å². The number of rotatable bonds is 5. The van der Waals surface area contributed by atoms with Gasteiger partial charge in [0.1, 0.15) is 0 Å². The minimum Gasteiger partial charge on any atom is -0.493 e. The van der Waals surface area contributed by atoms with E-state index in [2.05, 4.69) is 5.32 Å². The zero-order valence-electron chi connectivity index (χ0n) is 12.1. The molecule has 2 amide bonds. The molecular weight excluding hydrogens is 303 g/mol. The number of nitrogens with zero attached hydrogens (tertiary/aromatic N) is 1. The Morgan fingerprint density at radius 1 is 1.24 bits per heavy atom. The molecule has 6 nitrogen and oxygen atoms in total. The third kappa shape index (κ3) is 3.98. The molecule has 0 aromatic heterocycles. The maximum Gasteiger partial charge on any atom is 0.274 e. The molecule has 0 radical (unpaired) electrons. The third-order valence-electron chi connectivity index (χ3n) is 2.62. The second-order valence-electron chi connectivity index (χ2n) is 4.24. The van der Waals surface area contributed by atoms with Crippen molar-refractivity contribution in [2.45, 2.75) is 5.63 Å². The van der Waals surface area contributed by atoms with E-state index in [1.165, 1.54) is 31.3 Å². The minimum absolute atomic E-state index is 0.0830. The van der Waals surface area contributed by atoms with E-state index in [4.69, 9.17) is 21.1 Å². The lowest BCUT2D eigenvalue weighted by Gasteiger charge is -2.17. The molecule has 21 heavy (non-hydrogen) atoms. The third-order valence-corrected chi connectivity index (χ3v) is 2.81. The molecule has 0 heterocycles. The lowest BCUT2D eigenvalue weighted by Crippen LogP contribution is -2.26. The Morgan fingerprint density at radius 3 is 2.19 bits per heavy atom. The number of amides is 2. The van der Waals surface area contributed by atoms with Gasteiger partial charge in [-0.15, -0.1) is 0 Å². The van der Waals surface area contributed by atoms with Crippen LogP contribution in [0.2, 0.25) is 0 Å². The summed E-state index contributed by atoms with van der Waals surface area (Å²) in [5.74, 6) is -0.871. The van der Waals surface area contributed by atoms with Gasteiger partial charge in [0.15, 0.2) is 11.5 Å². The van der Waals surface area contributed by atoms with Gasteiger partial charge >= 0.3 is 0 Å². The Balaban J connectivity index is 3.36. The van der Waals surface area contributed by atoms with Crippen LogP contribution >= 0.6 is 11.6 Å². The van der Waals surface area contributed by atoms with Crippen molar-refractivity contribution in [3.8, 4) is 11.5 Å². The zero-order chi connectivity index (χ0) is 16.2. The SMILES string of the molecule is COc1cc(NC(=O)C(F)Cl)c(C(=O)N(C)C)cc1OC. The molecule has 0 aliphatic rings. The summed E-state index contributed by atoms with van der Waals surface area (Å²) in [5, 5.41) is 2.24. The molecule has 0 bridgehead atoms. The minimum atomic E-state index is -2.22. The number of benzene rings is 1. The number of alkyl halides is 2. The topological polar surface area (TPSA) is 67.9 Å². The van der Waals surface area contributed by atoms with E-state index < -0.39 is 17.4 Å². The van der Waals surface area contributed by atoms with Crippen LogP contribution in [-0.2, 0) is 4.79 Å². The number of halogens is 2. The maximum absolute atomic E-state index is 12.8. The summed E-state index contributed by atoms with van der Waals surface area (Å²) in [7, 11) is 5.90. The molecule has 116 valence electrons. The van der Waals surface area contributed by atoms with E-state index in [1.54, 1.807) is 14.1 Å². The van der Waals surface area contributed by atoms with Crippen LogP contribution < -0.4 is 14.8 Å². The van der Waals surface area contributed by atoms with Gasteiger partial charge in [0.25, 0.3) is 17.4 Å². The Kier molecular flexibility index (Phi) is 5.78. The summed E-state index contributed by atoms with van der Waals surface area (Å²) < 4.78 is 23.0. The molecule has 0 aliphatic carbocycles. The number of anilines is 1. The quantitative estimate of drug-likeness (QED) is 0.842. The van der Waals surface area contributed by atoms with Gasteiger partial charge in [-0.25, -0.2) is 4.39 Å². The predicted octanol–water partition coefficient (Wildman–Crippen LogP) is 1.88. The van der Waals surface area contributed by atoms with Gasteiger partial charge in [-0.1, -0.05) is 11.6 Å². The molecule has 0 aliphatic heterocycles. The first-order valence-corrected chi connectivity index (χ1v) is 6.32. The highest BCUT2D eigenvalue weighted by Gasteiger charge is 2.22. The predicted molar refractivity (Wildman–Crippen MR) is 76.9 cm³/mol. The summed E-state index contributed by atoms with van der Waals surface area (Å²) in [6.45, 7) is 0. The Bertz CT molecular complexity index is 549. The Labute approximate surface area is 126 Å². The van der Waals surface area contributed by atoms with E-state index in [1.807, 2.05) is 0 Å². The van der Waals surface area contributed by atoms with E-state index in [-0.39, 0.29) is 17.0 Å². The highest BCUT2D eigenvalue weighted by Crippen LogP contribution is 2.34. The first-order chi connectivity index (χ1) is 9.81. The number of ether oxygens (including phenoxy) is 2. The average molecular weight is 319 g/mol. The second-order valence-corrected chi connectivity index (χ2v) is 4.63. The molecule has 0 saturated carbocycles. The molecule has 1 N–H and O–H groups in total. The molecule has 1 atom stereocenters. The van der Waals surface area contributed by atoms with Crippen LogP contribution in [0.1, 0.15) is 10.4 Å². The molecular formula is C13H16ClFN2O4. The fourth-order valence-corrected chi connectivity index (χ4v) is 1.64. The molecule has 0 fully saturated rings. The lowest BCUT2D eigenvalue weighted by atomic mass is 10.1. The fraction of sp³-hybridized carbons (Fsp3) is 0.385. The smallest absolute Gasteiger partial charge is 0.274 e. The van der Waals surface area contributed by atoms with Gasteiger partial charge in [0.05, 0.1) is 25.5 Å². The van der Waals surface area contributed by atoms with Gasteiger partial charge in [0, 0.05) is 20.2 Å². The summed E-state index contributed by atoms with van der Waals surface area (Å²) in [6, 6.07) is 2.77. The van der Waals surface area contributed by atoms with Crippen LogP contribution in [0.5, 0.6) is 11.5 Å². The standard InChI is InChI=1S/C13H16ClFN2O4/c1-17(2)13(19)7-5-9(20-3)10(21-4)6-8(7)16-12(18)11(14)15/h5-6,11H,1-4H3,(H,16,18). The van der Waals surface area contributed by atoms with Crippen molar-refractivity contribution in [1.29, 1.82) is 0 Å². The van der Waals surface area contributed by atoms with E-state index in [0.29, 0.717) is 5.75 Å². The number of hydrogen-bond acceptors (Lipinski definition) is 4. The van der Waals surface area contributed by atoms with Crippen molar-refractivity contribution in [2.75, 3.05) is 33.6 Å². The lowest BCUT2D eigenvalue weighted by molar-refractivity contribution is -0.118. The summed E-state index contributed by atoms with van der Waals surface area (Å²) in [5.41, 5.74) is -2.01. The van der Waals surface area contributed by atoms with Crippen LogP contribution in [0.15, 0.2) is 12.1 Å². The highest BCUT2D eigenvalue weighted by molar-refractivity contribution is 6.31. The first kappa shape index (κ1) is 17.0. The monoisotopic (exact) mass is 318 g/mol. The van der Waals surface area contributed by atoms with E-state index in [9.17, 15) is 14.0 Å². The second kappa shape index (κ2) is 7.12. The Morgan fingerprint density at radius 2 is 1.76 bits per heavy atom. The van der Waals surface area contributed by atoms with Crippen molar-refractivity contribution >= 4 is 29.1 Å². The van der Waals surface area contributed by atoms with Crippen molar-refractivity contribution in [2.24, 2.45) is 0 Å². The average Bonchev–Trinajstić information content (AvgIpc) is 2.45. The molecule has 1 rings (SSSR count).